The van der Waals surface area contributed by atoms with Gasteiger partial charge in [-0.1, -0.05) is 12.1 Å². The van der Waals surface area contributed by atoms with Crippen LogP contribution in [-0.2, 0) is 6.54 Å². The molecular weight excluding hydrogens is 348 g/mol. The summed E-state index contributed by atoms with van der Waals surface area (Å²) in [6.45, 7) is 0.820. The number of benzene rings is 1. The van der Waals surface area contributed by atoms with Crippen LogP contribution in [0.15, 0.2) is 40.2 Å². The van der Waals surface area contributed by atoms with Crippen molar-refractivity contribution in [2.24, 2.45) is 0 Å². The monoisotopic (exact) mass is 362 g/mol. The van der Waals surface area contributed by atoms with Gasteiger partial charge < -0.3 is 10.2 Å². The second kappa shape index (κ2) is 5.99. The summed E-state index contributed by atoms with van der Waals surface area (Å²) >= 11 is 5.24. The lowest BCUT2D eigenvalue weighted by atomic mass is 10.2. The molecule has 6 heteroatoms. The highest BCUT2D eigenvalue weighted by Gasteiger charge is 2.12. The van der Waals surface area contributed by atoms with Gasteiger partial charge in [-0.3, -0.25) is 0 Å². The number of para-hydroxylation sites is 1. The lowest BCUT2D eigenvalue weighted by Gasteiger charge is -2.19. The minimum absolute atomic E-state index is 0.642. The van der Waals surface area contributed by atoms with Gasteiger partial charge in [-0.25, -0.2) is 4.98 Å². The number of rotatable bonds is 4. The molecule has 2 heterocycles. The highest BCUT2D eigenvalue weighted by Crippen LogP contribution is 2.27. The minimum Gasteiger partial charge on any atom is -0.357 e. The highest BCUT2D eigenvalue weighted by molar-refractivity contribution is 9.10. The average Bonchev–Trinajstić information content (AvgIpc) is 2.91. The second-order valence-corrected chi connectivity index (χ2v) is 6.64. The number of fused-ring (bicyclic) bond motifs is 1. The molecule has 3 aromatic rings. The molecule has 21 heavy (non-hydrogen) atoms. The summed E-state index contributed by atoms with van der Waals surface area (Å²) in [6, 6.07) is 10.2. The largest absolute Gasteiger partial charge is 0.357 e. The highest BCUT2D eigenvalue weighted by atomic mass is 79.9. The van der Waals surface area contributed by atoms with E-state index >= 15 is 0 Å². The molecule has 1 N–H and O–H groups in total. The fourth-order valence-corrected chi connectivity index (χ4v) is 3.71. The van der Waals surface area contributed by atoms with Crippen LogP contribution < -0.4 is 10.2 Å². The molecule has 0 amide bonds. The van der Waals surface area contributed by atoms with Gasteiger partial charge in [-0.2, -0.15) is 4.98 Å². The van der Waals surface area contributed by atoms with Gasteiger partial charge in [0.2, 0.25) is 5.95 Å². The molecule has 0 saturated carbocycles. The molecule has 2 aromatic heterocycles. The number of anilines is 2. The maximum Gasteiger partial charge on any atom is 0.224 e. The lowest BCUT2D eigenvalue weighted by molar-refractivity contribution is 0.915. The predicted octanol–water partition coefficient (Wildman–Crippen LogP) is 4.13. The Morgan fingerprint density at radius 3 is 2.81 bits per heavy atom. The quantitative estimate of drug-likeness (QED) is 0.757. The third-order valence-corrected chi connectivity index (χ3v) is 4.87. The molecule has 0 saturated heterocycles. The van der Waals surface area contributed by atoms with Crippen molar-refractivity contribution in [2.75, 3.05) is 24.3 Å². The zero-order chi connectivity index (χ0) is 14.8. The van der Waals surface area contributed by atoms with Crippen LogP contribution in [0.3, 0.4) is 0 Å². The summed E-state index contributed by atoms with van der Waals surface area (Å²) < 4.78 is 1.12. The second-order valence-electron chi connectivity index (χ2n) is 4.73. The summed E-state index contributed by atoms with van der Waals surface area (Å²) in [5.41, 5.74) is 0.950. The van der Waals surface area contributed by atoms with Gasteiger partial charge in [0, 0.05) is 34.2 Å². The van der Waals surface area contributed by atoms with Crippen LogP contribution in [0.4, 0.5) is 11.8 Å². The number of thiophene rings is 1. The van der Waals surface area contributed by atoms with E-state index in [9.17, 15) is 0 Å². The van der Waals surface area contributed by atoms with Crippen molar-refractivity contribution in [1.82, 2.24) is 9.97 Å². The van der Waals surface area contributed by atoms with Crippen LogP contribution in [-0.4, -0.2) is 24.1 Å². The van der Waals surface area contributed by atoms with Crippen LogP contribution >= 0.6 is 27.3 Å². The van der Waals surface area contributed by atoms with Crippen molar-refractivity contribution < 1.29 is 0 Å². The topological polar surface area (TPSA) is 41.1 Å². The molecule has 0 bridgehead atoms. The Hall–Kier alpha value is -1.66. The van der Waals surface area contributed by atoms with E-state index in [1.165, 1.54) is 4.88 Å². The first-order valence-electron chi connectivity index (χ1n) is 6.56. The fraction of sp³-hybridized carbons (Fsp3) is 0.200. The van der Waals surface area contributed by atoms with Crippen molar-refractivity contribution in [3.8, 4) is 0 Å². The Labute approximate surface area is 136 Å². The first kappa shape index (κ1) is 14.3. The zero-order valence-electron chi connectivity index (χ0n) is 11.8. The molecule has 0 aliphatic rings. The molecule has 0 fully saturated rings. The van der Waals surface area contributed by atoms with Crippen molar-refractivity contribution in [3.05, 3.63) is 45.1 Å². The van der Waals surface area contributed by atoms with Crippen molar-refractivity contribution in [3.63, 3.8) is 0 Å². The molecule has 1 aromatic carbocycles. The molecule has 0 aliphatic heterocycles. The van der Waals surface area contributed by atoms with E-state index in [4.69, 9.17) is 0 Å². The van der Waals surface area contributed by atoms with Gasteiger partial charge in [-0.05, 0) is 34.1 Å². The first-order chi connectivity index (χ1) is 10.2. The fourth-order valence-electron chi connectivity index (χ4n) is 2.21. The molecule has 0 atom stereocenters. The summed E-state index contributed by atoms with van der Waals surface area (Å²) in [5, 5.41) is 6.19. The Balaban J connectivity index is 2.01. The van der Waals surface area contributed by atoms with E-state index in [-0.39, 0.29) is 0 Å². The van der Waals surface area contributed by atoms with Gasteiger partial charge >= 0.3 is 0 Å². The SMILES string of the molecule is CNc1nc(N(C)Cc2cc(Br)cs2)c2ccccc2n1. The van der Waals surface area contributed by atoms with E-state index < -0.39 is 0 Å². The smallest absolute Gasteiger partial charge is 0.224 e. The Kier molecular flexibility index (Phi) is 4.07. The minimum atomic E-state index is 0.642. The van der Waals surface area contributed by atoms with Gasteiger partial charge in [0.1, 0.15) is 5.82 Å². The molecular formula is C15H15BrN4S. The number of hydrogen-bond acceptors (Lipinski definition) is 5. The molecule has 0 radical (unpaired) electrons. The standard InChI is InChI=1S/C15H15BrN4S/c1-17-15-18-13-6-4-3-5-12(13)14(19-15)20(2)8-11-7-10(16)9-21-11/h3-7,9H,8H2,1-2H3,(H,17,18,19). The number of aromatic nitrogens is 2. The first-order valence-corrected chi connectivity index (χ1v) is 8.23. The van der Waals surface area contributed by atoms with Crippen molar-refractivity contribution in [1.29, 1.82) is 0 Å². The van der Waals surface area contributed by atoms with E-state index in [1.807, 2.05) is 25.2 Å². The van der Waals surface area contributed by atoms with Crippen molar-refractivity contribution in [2.45, 2.75) is 6.54 Å². The van der Waals surface area contributed by atoms with Gasteiger partial charge in [0.25, 0.3) is 0 Å². The van der Waals surface area contributed by atoms with Gasteiger partial charge in [0.05, 0.1) is 12.1 Å². The van der Waals surface area contributed by atoms with E-state index in [0.29, 0.717) is 5.95 Å². The third kappa shape index (κ3) is 3.01. The molecule has 0 aliphatic carbocycles. The number of nitrogens with one attached hydrogen (secondary N) is 1. The number of halogens is 1. The van der Waals surface area contributed by atoms with Crippen LogP contribution in [0.2, 0.25) is 0 Å². The predicted molar refractivity (Wildman–Crippen MR) is 93.2 cm³/mol. The maximum atomic E-state index is 4.62. The van der Waals surface area contributed by atoms with E-state index in [2.05, 4.69) is 60.7 Å². The van der Waals surface area contributed by atoms with Gasteiger partial charge in [0.15, 0.2) is 0 Å². The van der Waals surface area contributed by atoms with E-state index in [1.54, 1.807) is 11.3 Å². The Morgan fingerprint density at radius 1 is 1.29 bits per heavy atom. The lowest BCUT2D eigenvalue weighted by Crippen LogP contribution is -2.18. The molecule has 0 spiro atoms. The molecule has 3 rings (SSSR count). The van der Waals surface area contributed by atoms with Crippen LogP contribution in [0.25, 0.3) is 10.9 Å². The Bertz CT molecular complexity index is 771. The summed E-state index contributed by atoms with van der Waals surface area (Å²) in [5.74, 6) is 1.58. The number of hydrogen-bond donors (Lipinski definition) is 1. The summed E-state index contributed by atoms with van der Waals surface area (Å²) in [6.07, 6.45) is 0. The van der Waals surface area contributed by atoms with Gasteiger partial charge in [-0.15, -0.1) is 11.3 Å². The average molecular weight is 363 g/mol. The molecule has 4 nitrogen and oxygen atoms in total. The normalized spacial score (nSPS) is 10.8. The third-order valence-electron chi connectivity index (χ3n) is 3.18. The summed E-state index contributed by atoms with van der Waals surface area (Å²) in [4.78, 5) is 12.6. The molecule has 0 unspecified atom stereocenters. The van der Waals surface area contributed by atoms with Crippen LogP contribution in [0.1, 0.15) is 4.88 Å². The van der Waals surface area contributed by atoms with Crippen LogP contribution in [0, 0.1) is 0 Å². The number of nitrogens with zero attached hydrogens (tertiary/aromatic N) is 3. The Morgan fingerprint density at radius 2 is 2.10 bits per heavy atom. The van der Waals surface area contributed by atoms with Crippen molar-refractivity contribution >= 4 is 49.9 Å². The maximum absolute atomic E-state index is 4.62. The van der Waals surface area contributed by atoms with E-state index in [0.717, 1.165) is 27.7 Å². The van der Waals surface area contributed by atoms with Crippen LogP contribution in [0.5, 0.6) is 0 Å². The summed E-state index contributed by atoms with van der Waals surface area (Å²) in [7, 11) is 3.89. The molecule has 108 valence electrons. The zero-order valence-corrected chi connectivity index (χ0v) is 14.2.